The van der Waals surface area contributed by atoms with Crippen LogP contribution in [0.25, 0.3) is 82.1 Å². The Balaban J connectivity index is 1.23. The number of nitrogens with zero attached hydrogens (tertiary/aromatic N) is 2. The maximum atomic E-state index is 2.60. The lowest BCUT2D eigenvalue weighted by atomic mass is 9.80. The Labute approximate surface area is 343 Å². The standard InChI is InChI=1S/C57H40N2/c1-57(2)48-36-41-20-9-8-19-40(41)35-47(48)45-25-14-29-53(56(45)57)59(51-28-15-27-50-55(51)46-24-12-13-26-49(46)58(50)43-21-4-3-5-22-43)52-33-32-38-17-10-11-23-44(38)54(52)42-31-30-37-16-6-7-18-39(37)34-42/h3-36H,1-2H3. The van der Waals surface area contributed by atoms with Crippen molar-refractivity contribution in [1.82, 2.24) is 4.57 Å². The molecule has 0 radical (unpaired) electrons. The summed E-state index contributed by atoms with van der Waals surface area (Å²) in [6, 6.07) is 76.4. The Morgan fingerprint density at radius 1 is 0.407 bits per heavy atom. The second-order valence-corrected chi connectivity index (χ2v) is 16.5. The summed E-state index contributed by atoms with van der Waals surface area (Å²) in [7, 11) is 0. The van der Waals surface area contributed by atoms with Gasteiger partial charge in [0, 0.05) is 27.4 Å². The first-order chi connectivity index (χ1) is 29.0. The second kappa shape index (κ2) is 12.8. The van der Waals surface area contributed by atoms with Crippen molar-refractivity contribution in [2.75, 3.05) is 4.90 Å². The van der Waals surface area contributed by atoms with Gasteiger partial charge in [-0.15, -0.1) is 0 Å². The summed E-state index contributed by atoms with van der Waals surface area (Å²) in [6.45, 7) is 4.83. The molecule has 12 rings (SSSR count). The van der Waals surface area contributed by atoms with E-state index in [0.717, 1.165) is 17.1 Å². The third-order valence-electron chi connectivity index (χ3n) is 12.9. The van der Waals surface area contributed by atoms with Gasteiger partial charge in [-0.05, 0) is 121 Å². The molecule has 0 fully saturated rings. The first-order valence-electron chi connectivity index (χ1n) is 20.6. The zero-order valence-electron chi connectivity index (χ0n) is 33.0. The molecule has 0 amide bonds. The Kier molecular flexibility index (Phi) is 7.31. The highest BCUT2D eigenvalue weighted by molar-refractivity contribution is 6.18. The van der Waals surface area contributed by atoms with Crippen molar-refractivity contribution in [3.8, 4) is 27.9 Å². The van der Waals surface area contributed by atoms with Crippen molar-refractivity contribution < 1.29 is 0 Å². The monoisotopic (exact) mass is 752 g/mol. The van der Waals surface area contributed by atoms with Crippen LogP contribution in [0, 0.1) is 0 Å². The highest BCUT2D eigenvalue weighted by Gasteiger charge is 2.40. The lowest BCUT2D eigenvalue weighted by Gasteiger charge is -2.34. The van der Waals surface area contributed by atoms with E-state index in [1.165, 1.54) is 93.2 Å². The van der Waals surface area contributed by atoms with Crippen molar-refractivity contribution in [2.45, 2.75) is 19.3 Å². The van der Waals surface area contributed by atoms with Crippen LogP contribution < -0.4 is 4.90 Å². The molecule has 0 aliphatic heterocycles. The normalized spacial score (nSPS) is 13.1. The number of hydrogen-bond acceptors (Lipinski definition) is 1. The van der Waals surface area contributed by atoms with E-state index in [2.05, 4.69) is 230 Å². The number of fused-ring (bicyclic) bond motifs is 9. The summed E-state index contributed by atoms with van der Waals surface area (Å²) in [5, 5.41) is 9.90. The van der Waals surface area contributed by atoms with Crippen molar-refractivity contribution in [1.29, 1.82) is 0 Å². The average molecular weight is 753 g/mol. The molecule has 10 aromatic carbocycles. The molecule has 0 bridgehead atoms. The fourth-order valence-corrected chi connectivity index (χ4v) is 10.2. The minimum atomic E-state index is -0.282. The number of aromatic nitrogens is 1. The van der Waals surface area contributed by atoms with Crippen molar-refractivity contribution in [3.05, 3.63) is 217 Å². The Bertz CT molecular complexity index is 3480. The van der Waals surface area contributed by atoms with Gasteiger partial charge in [0.25, 0.3) is 0 Å². The Hall–Kier alpha value is -7.42. The number of anilines is 3. The largest absolute Gasteiger partial charge is 0.309 e. The average Bonchev–Trinajstić information content (AvgIpc) is 3.74. The maximum Gasteiger partial charge on any atom is 0.0562 e. The van der Waals surface area contributed by atoms with E-state index in [0.29, 0.717) is 0 Å². The predicted octanol–water partition coefficient (Wildman–Crippen LogP) is 15.7. The first-order valence-corrected chi connectivity index (χ1v) is 20.6. The second-order valence-electron chi connectivity index (χ2n) is 16.5. The van der Waals surface area contributed by atoms with Gasteiger partial charge < -0.3 is 9.47 Å². The SMILES string of the molecule is CC1(C)c2cc3ccccc3cc2-c2cccc(N(c3ccc4ccccc4c3-c3ccc4ccccc4c3)c3cccc4c3c3ccccc3n4-c3ccccc3)c21. The number of hydrogen-bond donors (Lipinski definition) is 0. The van der Waals surface area contributed by atoms with Gasteiger partial charge in [0.05, 0.1) is 28.1 Å². The minimum Gasteiger partial charge on any atom is -0.309 e. The quantitative estimate of drug-likeness (QED) is 0.170. The molecule has 2 nitrogen and oxygen atoms in total. The molecule has 59 heavy (non-hydrogen) atoms. The Morgan fingerprint density at radius 2 is 1.02 bits per heavy atom. The summed E-state index contributed by atoms with van der Waals surface area (Å²) >= 11 is 0. The zero-order chi connectivity index (χ0) is 39.2. The van der Waals surface area contributed by atoms with E-state index in [1.54, 1.807) is 0 Å². The van der Waals surface area contributed by atoms with Gasteiger partial charge >= 0.3 is 0 Å². The van der Waals surface area contributed by atoms with Crippen LogP contribution in [0.4, 0.5) is 17.1 Å². The molecule has 2 heteroatoms. The molecule has 0 saturated heterocycles. The van der Waals surface area contributed by atoms with E-state index < -0.39 is 0 Å². The van der Waals surface area contributed by atoms with E-state index in [4.69, 9.17) is 0 Å². The summed E-state index contributed by atoms with van der Waals surface area (Å²) in [6.07, 6.45) is 0. The van der Waals surface area contributed by atoms with Crippen LogP contribution in [0.5, 0.6) is 0 Å². The van der Waals surface area contributed by atoms with E-state index in [1.807, 2.05) is 0 Å². The molecule has 0 N–H and O–H groups in total. The maximum absolute atomic E-state index is 2.60. The fraction of sp³-hybridized carbons (Fsp3) is 0.0526. The van der Waals surface area contributed by atoms with Gasteiger partial charge in [0.15, 0.2) is 0 Å². The molecule has 0 spiro atoms. The molecular weight excluding hydrogens is 713 g/mol. The molecule has 0 atom stereocenters. The first kappa shape index (κ1) is 33.7. The molecule has 1 heterocycles. The molecule has 0 saturated carbocycles. The van der Waals surface area contributed by atoms with Crippen molar-refractivity contribution in [2.24, 2.45) is 0 Å². The molecule has 1 aliphatic rings. The van der Waals surface area contributed by atoms with Crippen LogP contribution >= 0.6 is 0 Å². The highest BCUT2D eigenvalue weighted by Crippen LogP contribution is 2.57. The third kappa shape index (κ3) is 5.00. The van der Waals surface area contributed by atoms with Gasteiger partial charge in [-0.25, -0.2) is 0 Å². The summed E-state index contributed by atoms with van der Waals surface area (Å²) in [5.41, 5.74) is 14.4. The van der Waals surface area contributed by atoms with E-state index in [9.17, 15) is 0 Å². The lowest BCUT2D eigenvalue weighted by molar-refractivity contribution is 0.661. The van der Waals surface area contributed by atoms with Crippen molar-refractivity contribution in [3.63, 3.8) is 0 Å². The van der Waals surface area contributed by atoms with Crippen LogP contribution in [0.2, 0.25) is 0 Å². The van der Waals surface area contributed by atoms with Crippen LogP contribution in [0.15, 0.2) is 206 Å². The van der Waals surface area contributed by atoms with Crippen LogP contribution in [0.3, 0.4) is 0 Å². The van der Waals surface area contributed by atoms with Gasteiger partial charge in [0.2, 0.25) is 0 Å². The number of rotatable bonds is 5. The summed E-state index contributed by atoms with van der Waals surface area (Å²) in [4.78, 5) is 2.60. The molecule has 0 unspecified atom stereocenters. The molecule has 1 aliphatic carbocycles. The molecule has 1 aromatic heterocycles. The highest BCUT2D eigenvalue weighted by atomic mass is 15.2. The zero-order valence-corrected chi connectivity index (χ0v) is 33.0. The Morgan fingerprint density at radius 3 is 1.83 bits per heavy atom. The van der Waals surface area contributed by atoms with Crippen molar-refractivity contribution >= 4 is 71.2 Å². The summed E-state index contributed by atoms with van der Waals surface area (Å²) < 4.78 is 2.43. The van der Waals surface area contributed by atoms with Gasteiger partial charge in [-0.1, -0.05) is 159 Å². The third-order valence-corrected chi connectivity index (χ3v) is 12.9. The van der Waals surface area contributed by atoms with E-state index >= 15 is 0 Å². The smallest absolute Gasteiger partial charge is 0.0562 e. The van der Waals surface area contributed by atoms with Gasteiger partial charge in [-0.3, -0.25) is 0 Å². The van der Waals surface area contributed by atoms with Gasteiger partial charge in [-0.2, -0.15) is 0 Å². The van der Waals surface area contributed by atoms with Crippen LogP contribution in [0.1, 0.15) is 25.0 Å². The number of benzene rings is 10. The molecule has 11 aromatic rings. The predicted molar refractivity (Wildman–Crippen MR) is 251 cm³/mol. The summed E-state index contributed by atoms with van der Waals surface area (Å²) in [5.74, 6) is 0. The van der Waals surface area contributed by atoms with Crippen LogP contribution in [-0.4, -0.2) is 4.57 Å². The van der Waals surface area contributed by atoms with E-state index in [-0.39, 0.29) is 5.41 Å². The van der Waals surface area contributed by atoms with Gasteiger partial charge in [0.1, 0.15) is 0 Å². The number of para-hydroxylation sites is 2. The molecular formula is C57H40N2. The fourth-order valence-electron chi connectivity index (χ4n) is 10.2. The topological polar surface area (TPSA) is 8.17 Å². The molecule has 278 valence electrons. The van der Waals surface area contributed by atoms with Crippen LogP contribution in [-0.2, 0) is 5.41 Å². The lowest BCUT2D eigenvalue weighted by Crippen LogP contribution is -2.21. The minimum absolute atomic E-state index is 0.282.